The molecule has 3 rings (SSSR count). The van der Waals surface area contributed by atoms with Crippen molar-refractivity contribution < 1.29 is 0 Å². The first-order valence-corrected chi connectivity index (χ1v) is 7.01. The molecule has 0 aliphatic carbocycles. The van der Waals surface area contributed by atoms with E-state index in [1.807, 2.05) is 43.3 Å². The molecule has 0 unspecified atom stereocenters. The number of hydrogen-bond acceptors (Lipinski definition) is 3. The highest BCUT2D eigenvalue weighted by atomic mass is 35.5. The standard InChI is InChI=1S/C15H10ClNOS/c1-9-8-10(16)6-7-11(9)15-17-14(18)12-4-2-3-5-13(12)19-15/h2-8H,1H3. The number of aromatic nitrogens is 1. The molecular formula is C15H10ClNOS. The molecular weight excluding hydrogens is 278 g/mol. The van der Waals surface area contributed by atoms with Gasteiger partial charge in [0.2, 0.25) is 0 Å². The zero-order valence-electron chi connectivity index (χ0n) is 10.2. The SMILES string of the molecule is Cc1cc(Cl)ccc1-c1nc(=O)c2ccccc2s1. The van der Waals surface area contributed by atoms with Gasteiger partial charge in [0, 0.05) is 15.3 Å². The first-order valence-electron chi connectivity index (χ1n) is 5.81. The van der Waals surface area contributed by atoms with Gasteiger partial charge >= 0.3 is 0 Å². The molecule has 0 aliphatic heterocycles. The van der Waals surface area contributed by atoms with Crippen LogP contribution >= 0.6 is 22.9 Å². The molecule has 0 atom stereocenters. The minimum atomic E-state index is -0.182. The zero-order chi connectivity index (χ0) is 13.4. The largest absolute Gasteiger partial charge is 0.279 e. The second-order valence-electron chi connectivity index (χ2n) is 4.28. The number of nitrogens with zero attached hydrogens (tertiary/aromatic N) is 1. The Morgan fingerprint density at radius 2 is 1.95 bits per heavy atom. The average Bonchev–Trinajstić information content (AvgIpc) is 2.38. The third-order valence-corrected chi connectivity index (χ3v) is 4.26. The summed E-state index contributed by atoms with van der Waals surface area (Å²) in [5, 5.41) is 2.09. The summed E-state index contributed by atoms with van der Waals surface area (Å²) in [5.74, 6) is 0. The van der Waals surface area contributed by atoms with Crippen LogP contribution in [-0.4, -0.2) is 4.98 Å². The smallest absolute Gasteiger partial charge is 0.267 e. The average molecular weight is 288 g/mol. The molecule has 0 saturated heterocycles. The van der Waals surface area contributed by atoms with Gasteiger partial charge in [-0.2, -0.15) is 4.98 Å². The maximum absolute atomic E-state index is 12.0. The lowest BCUT2D eigenvalue weighted by molar-refractivity contribution is 1.30. The Labute approximate surface area is 119 Å². The van der Waals surface area contributed by atoms with Crippen molar-refractivity contribution in [2.24, 2.45) is 0 Å². The van der Waals surface area contributed by atoms with Crippen LogP contribution in [0.1, 0.15) is 5.56 Å². The van der Waals surface area contributed by atoms with Crippen molar-refractivity contribution in [3.63, 3.8) is 0 Å². The predicted octanol–water partition coefficient (Wildman–Crippen LogP) is 4.29. The van der Waals surface area contributed by atoms with Gasteiger partial charge < -0.3 is 0 Å². The van der Waals surface area contributed by atoms with Crippen LogP contribution in [-0.2, 0) is 0 Å². The van der Waals surface area contributed by atoms with Crippen LogP contribution in [0.4, 0.5) is 0 Å². The van der Waals surface area contributed by atoms with Gasteiger partial charge in [0.1, 0.15) is 5.01 Å². The lowest BCUT2D eigenvalue weighted by Gasteiger charge is -2.05. The number of rotatable bonds is 1. The molecule has 0 spiro atoms. The highest BCUT2D eigenvalue weighted by Crippen LogP contribution is 2.29. The topological polar surface area (TPSA) is 30.0 Å². The van der Waals surface area contributed by atoms with Crippen molar-refractivity contribution in [2.75, 3.05) is 0 Å². The molecule has 94 valence electrons. The van der Waals surface area contributed by atoms with Gasteiger partial charge in [0.25, 0.3) is 5.56 Å². The Balaban J connectivity index is 2.28. The van der Waals surface area contributed by atoms with Crippen molar-refractivity contribution in [3.05, 3.63) is 63.4 Å². The first kappa shape index (κ1) is 12.3. The minimum Gasteiger partial charge on any atom is -0.267 e. The fourth-order valence-electron chi connectivity index (χ4n) is 1.99. The van der Waals surface area contributed by atoms with Crippen molar-refractivity contribution >= 4 is 33.0 Å². The van der Waals surface area contributed by atoms with E-state index in [2.05, 4.69) is 4.98 Å². The molecule has 0 saturated carbocycles. The van der Waals surface area contributed by atoms with E-state index in [1.54, 1.807) is 6.07 Å². The van der Waals surface area contributed by atoms with E-state index < -0.39 is 0 Å². The maximum Gasteiger partial charge on any atom is 0.279 e. The summed E-state index contributed by atoms with van der Waals surface area (Å²) < 4.78 is 0.951. The molecule has 19 heavy (non-hydrogen) atoms. The fraction of sp³-hybridized carbons (Fsp3) is 0.0667. The Bertz CT molecular complexity index is 826. The van der Waals surface area contributed by atoms with E-state index in [1.165, 1.54) is 11.3 Å². The van der Waals surface area contributed by atoms with E-state index >= 15 is 0 Å². The van der Waals surface area contributed by atoms with Crippen LogP contribution in [0.5, 0.6) is 0 Å². The van der Waals surface area contributed by atoms with Gasteiger partial charge in [-0.05, 0) is 36.8 Å². The molecule has 0 aliphatic rings. The monoisotopic (exact) mass is 287 g/mol. The van der Waals surface area contributed by atoms with Crippen LogP contribution in [0.2, 0.25) is 5.02 Å². The lowest BCUT2D eigenvalue weighted by atomic mass is 10.1. The number of hydrogen-bond donors (Lipinski definition) is 0. The second kappa shape index (κ2) is 4.76. The van der Waals surface area contributed by atoms with Crippen molar-refractivity contribution in [1.29, 1.82) is 0 Å². The van der Waals surface area contributed by atoms with Crippen LogP contribution in [0, 0.1) is 6.92 Å². The lowest BCUT2D eigenvalue weighted by Crippen LogP contribution is -2.06. The van der Waals surface area contributed by atoms with E-state index in [4.69, 9.17) is 11.6 Å². The van der Waals surface area contributed by atoms with Crippen LogP contribution in [0.15, 0.2) is 47.3 Å². The van der Waals surface area contributed by atoms with E-state index in [9.17, 15) is 4.79 Å². The van der Waals surface area contributed by atoms with E-state index in [-0.39, 0.29) is 5.56 Å². The fourth-order valence-corrected chi connectivity index (χ4v) is 3.31. The summed E-state index contributed by atoms with van der Waals surface area (Å²) in [6, 6.07) is 13.1. The Morgan fingerprint density at radius 1 is 1.16 bits per heavy atom. The Morgan fingerprint density at radius 3 is 2.74 bits per heavy atom. The molecule has 0 bridgehead atoms. The summed E-state index contributed by atoms with van der Waals surface area (Å²) in [6.07, 6.45) is 0. The molecule has 4 heteroatoms. The molecule has 0 amide bonds. The molecule has 0 fully saturated rings. The molecule has 3 aromatic rings. The van der Waals surface area contributed by atoms with Gasteiger partial charge in [-0.25, -0.2) is 0 Å². The van der Waals surface area contributed by atoms with Crippen LogP contribution in [0.3, 0.4) is 0 Å². The third-order valence-electron chi connectivity index (χ3n) is 2.95. The van der Waals surface area contributed by atoms with Crippen molar-refractivity contribution in [2.45, 2.75) is 6.92 Å². The maximum atomic E-state index is 12.0. The summed E-state index contributed by atoms with van der Waals surface area (Å²) in [5.41, 5.74) is 1.79. The van der Waals surface area contributed by atoms with Crippen LogP contribution in [0.25, 0.3) is 20.7 Å². The Kier molecular flexibility index (Phi) is 3.09. The Hall–Kier alpha value is -1.71. The summed E-state index contributed by atoms with van der Waals surface area (Å²) in [7, 11) is 0. The minimum absolute atomic E-state index is 0.182. The van der Waals surface area contributed by atoms with Crippen LogP contribution < -0.4 is 5.56 Å². The molecule has 2 aromatic carbocycles. The highest BCUT2D eigenvalue weighted by Gasteiger charge is 2.08. The highest BCUT2D eigenvalue weighted by molar-refractivity contribution is 7.21. The molecule has 1 aromatic heterocycles. The normalized spacial score (nSPS) is 10.8. The van der Waals surface area contributed by atoms with E-state index in [0.717, 1.165) is 20.8 Å². The number of halogens is 1. The summed E-state index contributed by atoms with van der Waals surface area (Å²) in [4.78, 5) is 16.2. The van der Waals surface area contributed by atoms with Crippen molar-refractivity contribution in [3.8, 4) is 10.6 Å². The van der Waals surface area contributed by atoms with Gasteiger partial charge in [0.15, 0.2) is 0 Å². The zero-order valence-corrected chi connectivity index (χ0v) is 11.8. The molecule has 0 radical (unpaired) electrons. The number of aryl methyl sites for hydroxylation is 1. The molecule has 1 heterocycles. The second-order valence-corrected chi connectivity index (χ2v) is 5.75. The first-order chi connectivity index (χ1) is 9.15. The summed E-state index contributed by atoms with van der Waals surface area (Å²) >= 11 is 7.47. The van der Waals surface area contributed by atoms with E-state index in [0.29, 0.717) is 10.4 Å². The number of fused-ring (bicyclic) bond motifs is 1. The van der Waals surface area contributed by atoms with Crippen molar-refractivity contribution in [1.82, 2.24) is 4.98 Å². The molecule has 2 nitrogen and oxygen atoms in total. The number of benzene rings is 2. The summed E-state index contributed by atoms with van der Waals surface area (Å²) in [6.45, 7) is 1.97. The molecule has 0 N–H and O–H groups in total. The predicted molar refractivity (Wildman–Crippen MR) is 81.1 cm³/mol. The van der Waals surface area contributed by atoms with Gasteiger partial charge in [-0.15, -0.1) is 11.3 Å². The van der Waals surface area contributed by atoms with Gasteiger partial charge in [0.05, 0.1) is 5.39 Å². The van der Waals surface area contributed by atoms with Gasteiger partial charge in [-0.3, -0.25) is 4.79 Å². The van der Waals surface area contributed by atoms with Gasteiger partial charge in [-0.1, -0.05) is 29.8 Å². The quantitative estimate of drug-likeness (QED) is 0.668. The third kappa shape index (κ3) is 2.27.